The average Bonchev–Trinajstić information content (AvgIpc) is 2.88. The maximum Gasteiger partial charge on any atom is 0.250 e. The zero-order valence-electron chi connectivity index (χ0n) is 11.3. The van der Waals surface area contributed by atoms with Gasteiger partial charge < -0.3 is 5.11 Å². The second-order valence-corrected chi connectivity index (χ2v) is 6.01. The molecule has 0 aliphatic heterocycles. The minimum atomic E-state index is -0.266. The van der Waals surface area contributed by atoms with E-state index >= 15 is 0 Å². The number of carbonyl (C=O) groups excluding carboxylic acids is 1. The molecule has 0 unspecified atom stereocenters. The number of aromatic hydroxyl groups is 1. The molecule has 0 fully saturated rings. The third-order valence-electron chi connectivity index (χ3n) is 2.90. The smallest absolute Gasteiger partial charge is 0.250 e. The molecule has 0 bridgehead atoms. The molecule has 0 saturated carbocycles. The van der Waals surface area contributed by atoms with Gasteiger partial charge in [0.25, 0.3) is 0 Å². The number of phenols is 1. The molecule has 3 aromatic rings. The second kappa shape index (κ2) is 6.17. The number of rotatable bonds is 3. The van der Waals surface area contributed by atoms with Gasteiger partial charge in [0.2, 0.25) is 5.91 Å². The van der Waals surface area contributed by atoms with Gasteiger partial charge in [0.15, 0.2) is 5.13 Å². The van der Waals surface area contributed by atoms with E-state index in [2.05, 4.69) is 10.3 Å². The van der Waals surface area contributed by atoms with Crippen molar-refractivity contribution in [1.82, 2.24) is 4.98 Å². The van der Waals surface area contributed by atoms with E-state index in [1.165, 1.54) is 17.4 Å². The van der Waals surface area contributed by atoms with E-state index in [0.717, 1.165) is 15.8 Å². The number of halogens is 1. The monoisotopic (exact) mass is 330 g/mol. The Morgan fingerprint density at radius 2 is 2.00 bits per heavy atom. The Bertz CT molecular complexity index is 856. The topological polar surface area (TPSA) is 62.2 Å². The fraction of sp³-hybridized carbons (Fsp3) is 0. The molecule has 22 heavy (non-hydrogen) atoms. The lowest BCUT2D eigenvalue weighted by Gasteiger charge is -1.96. The fourth-order valence-corrected chi connectivity index (χ4v) is 3.00. The average molecular weight is 331 g/mol. The Morgan fingerprint density at radius 3 is 2.77 bits per heavy atom. The Hall–Kier alpha value is -2.37. The van der Waals surface area contributed by atoms with Crippen LogP contribution in [-0.2, 0) is 4.79 Å². The molecule has 0 radical (unpaired) electrons. The first-order chi connectivity index (χ1) is 10.6. The van der Waals surface area contributed by atoms with Gasteiger partial charge in [-0.3, -0.25) is 10.1 Å². The lowest BCUT2D eigenvalue weighted by Crippen LogP contribution is -2.07. The zero-order chi connectivity index (χ0) is 15.5. The van der Waals surface area contributed by atoms with E-state index in [4.69, 9.17) is 11.6 Å². The molecule has 1 aromatic heterocycles. The number of aromatic nitrogens is 1. The molecule has 1 amide bonds. The van der Waals surface area contributed by atoms with Crippen molar-refractivity contribution >= 4 is 50.3 Å². The van der Waals surface area contributed by atoms with Gasteiger partial charge in [-0.05, 0) is 42.0 Å². The minimum Gasteiger partial charge on any atom is -0.508 e. The Balaban J connectivity index is 1.71. The van der Waals surface area contributed by atoms with Crippen LogP contribution >= 0.6 is 22.9 Å². The Labute approximate surface area is 135 Å². The molecule has 0 aliphatic carbocycles. The molecule has 0 aliphatic rings. The first-order valence-corrected chi connectivity index (χ1v) is 7.64. The summed E-state index contributed by atoms with van der Waals surface area (Å²) in [4.78, 5) is 16.2. The number of fused-ring (bicyclic) bond motifs is 1. The van der Waals surface area contributed by atoms with Crippen molar-refractivity contribution in [3.8, 4) is 5.75 Å². The van der Waals surface area contributed by atoms with Crippen LogP contribution in [0.25, 0.3) is 16.3 Å². The zero-order valence-corrected chi connectivity index (χ0v) is 12.9. The van der Waals surface area contributed by atoms with E-state index in [1.54, 1.807) is 36.4 Å². The van der Waals surface area contributed by atoms with Gasteiger partial charge in [-0.15, -0.1) is 0 Å². The highest BCUT2D eigenvalue weighted by Gasteiger charge is 2.06. The molecule has 6 heteroatoms. The van der Waals surface area contributed by atoms with E-state index in [0.29, 0.717) is 10.2 Å². The summed E-state index contributed by atoms with van der Waals surface area (Å²) in [7, 11) is 0. The Kier molecular flexibility index (Phi) is 4.09. The highest BCUT2D eigenvalue weighted by Crippen LogP contribution is 2.28. The molecular weight excluding hydrogens is 320 g/mol. The summed E-state index contributed by atoms with van der Waals surface area (Å²) in [5.74, 6) is -0.0760. The van der Waals surface area contributed by atoms with E-state index in [9.17, 15) is 9.90 Å². The number of nitrogens with zero attached hydrogens (tertiary/aromatic N) is 1. The number of thiazole rings is 1. The normalized spacial score (nSPS) is 11.1. The number of benzene rings is 2. The molecular formula is C16H11ClN2O2S. The largest absolute Gasteiger partial charge is 0.508 e. The van der Waals surface area contributed by atoms with Gasteiger partial charge in [0.05, 0.1) is 10.2 Å². The number of carbonyl (C=O) groups is 1. The minimum absolute atomic E-state index is 0.190. The van der Waals surface area contributed by atoms with Crippen LogP contribution in [0.3, 0.4) is 0 Å². The predicted molar refractivity (Wildman–Crippen MR) is 90.4 cm³/mol. The molecule has 1 heterocycles. The summed E-state index contributed by atoms with van der Waals surface area (Å²) in [6, 6.07) is 12.0. The van der Waals surface area contributed by atoms with Crippen LogP contribution < -0.4 is 5.32 Å². The molecule has 110 valence electrons. The summed E-state index contributed by atoms with van der Waals surface area (Å²) < 4.78 is 0.922. The third-order valence-corrected chi connectivity index (χ3v) is 4.07. The van der Waals surface area contributed by atoms with Crippen molar-refractivity contribution in [3.63, 3.8) is 0 Å². The van der Waals surface area contributed by atoms with Gasteiger partial charge >= 0.3 is 0 Å². The van der Waals surface area contributed by atoms with Gasteiger partial charge in [-0.25, -0.2) is 4.98 Å². The van der Waals surface area contributed by atoms with Gasteiger partial charge in [-0.2, -0.15) is 0 Å². The lowest BCUT2D eigenvalue weighted by atomic mass is 10.2. The van der Waals surface area contributed by atoms with Gasteiger partial charge in [0, 0.05) is 11.1 Å². The van der Waals surface area contributed by atoms with Crippen molar-refractivity contribution < 1.29 is 9.90 Å². The first-order valence-electron chi connectivity index (χ1n) is 6.44. The van der Waals surface area contributed by atoms with Crippen LogP contribution in [0.15, 0.2) is 48.5 Å². The van der Waals surface area contributed by atoms with Crippen molar-refractivity contribution in [3.05, 3.63) is 59.1 Å². The van der Waals surface area contributed by atoms with Crippen LogP contribution in [0.5, 0.6) is 5.75 Å². The molecule has 0 atom stereocenters. The number of amides is 1. The predicted octanol–water partition coefficient (Wildman–Crippen LogP) is 4.31. The van der Waals surface area contributed by atoms with Crippen LogP contribution in [-0.4, -0.2) is 16.0 Å². The number of phenolic OH excluding ortho intramolecular Hbond substituents is 1. The number of hydrogen-bond donors (Lipinski definition) is 2. The summed E-state index contributed by atoms with van der Waals surface area (Å²) in [5, 5.41) is 13.1. The van der Waals surface area contributed by atoms with Crippen LogP contribution in [0.2, 0.25) is 5.02 Å². The quantitative estimate of drug-likeness (QED) is 0.703. The maximum atomic E-state index is 11.9. The summed E-state index contributed by atoms with van der Waals surface area (Å²) in [5.41, 5.74) is 1.62. The van der Waals surface area contributed by atoms with Crippen molar-refractivity contribution in [2.24, 2.45) is 0 Å². The standard InChI is InChI=1S/C16H11ClN2O2S/c17-11-4-7-13-14(9-11)22-16(18-13)19-15(21)8-3-10-1-5-12(20)6-2-10/h1-9,20H,(H,18,19,21)/b8-3+. The van der Waals surface area contributed by atoms with Crippen molar-refractivity contribution in [1.29, 1.82) is 0 Å². The van der Waals surface area contributed by atoms with Gasteiger partial charge in [-0.1, -0.05) is 35.1 Å². The number of hydrogen-bond acceptors (Lipinski definition) is 4. The SMILES string of the molecule is O=C(/C=C/c1ccc(O)cc1)Nc1nc2ccc(Cl)cc2s1. The molecule has 0 saturated heterocycles. The molecule has 4 nitrogen and oxygen atoms in total. The van der Waals surface area contributed by atoms with Crippen LogP contribution in [0.1, 0.15) is 5.56 Å². The van der Waals surface area contributed by atoms with Crippen LogP contribution in [0.4, 0.5) is 5.13 Å². The third kappa shape index (κ3) is 3.44. The fourth-order valence-electron chi connectivity index (χ4n) is 1.86. The molecule has 3 rings (SSSR count). The number of nitrogens with one attached hydrogen (secondary N) is 1. The summed E-state index contributed by atoms with van der Waals surface area (Å²) >= 11 is 7.29. The highest BCUT2D eigenvalue weighted by molar-refractivity contribution is 7.22. The highest BCUT2D eigenvalue weighted by atomic mass is 35.5. The maximum absolute atomic E-state index is 11.9. The summed E-state index contributed by atoms with van der Waals surface area (Å²) in [6.07, 6.45) is 3.09. The van der Waals surface area contributed by atoms with Crippen molar-refractivity contribution in [2.45, 2.75) is 0 Å². The van der Waals surface area contributed by atoms with E-state index in [1.807, 2.05) is 12.1 Å². The lowest BCUT2D eigenvalue weighted by molar-refractivity contribution is -0.111. The number of anilines is 1. The summed E-state index contributed by atoms with van der Waals surface area (Å²) in [6.45, 7) is 0. The molecule has 2 aromatic carbocycles. The Morgan fingerprint density at radius 1 is 1.23 bits per heavy atom. The second-order valence-electron chi connectivity index (χ2n) is 4.55. The van der Waals surface area contributed by atoms with Gasteiger partial charge in [0.1, 0.15) is 5.75 Å². The van der Waals surface area contributed by atoms with E-state index < -0.39 is 0 Å². The molecule has 0 spiro atoms. The first kappa shape index (κ1) is 14.6. The van der Waals surface area contributed by atoms with Crippen LogP contribution in [0, 0.1) is 0 Å². The van der Waals surface area contributed by atoms with E-state index in [-0.39, 0.29) is 11.7 Å². The molecule has 2 N–H and O–H groups in total. The van der Waals surface area contributed by atoms with Crippen molar-refractivity contribution in [2.75, 3.05) is 5.32 Å².